The molecule has 0 fully saturated rings. The van der Waals surface area contributed by atoms with Gasteiger partial charge < -0.3 is 0 Å². The molecule has 1 rings (SSSR count). The van der Waals surface area contributed by atoms with Crippen LogP contribution in [0.1, 0.15) is 13.8 Å². The van der Waals surface area contributed by atoms with E-state index in [1.54, 1.807) is 0 Å². The molecule has 0 aliphatic carbocycles. The minimum atomic E-state index is 0.664. The highest BCUT2D eigenvalue weighted by atomic mass is 35.5. The highest BCUT2D eigenvalue weighted by Crippen LogP contribution is 2.26. The van der Waals surface area contributed by atoms with Crippen molar-refractivity contribution < 1.29 is 0 Å². The van der Waals surface area contributed by atoms with Crippen molar-refractivity contribution in [1.29, 1.82) is 0 Å². The molecule has 0 saturated heterocycles. The first-order valence-electron chi connectivity index (χ1n) is 5.12. The summed E-state index contributed by atoms with van der Waals surface area (Å²) in [5.74, 6) is 3.42. The van der Waals surface area contributed by atoms with Crippen molar-refractivity contribution in [3.05, 3.63) is 29.3 Å². The van der Waals surface area contributed by atoms with E-state index < -0.39 is 0 Å². The summed E-state index contributed by atoms with van der Waals surface area (Å²) in [6, 6.07) is 8.02. The Balaban J connectivity index is 2.49. The average molecular weight is 261 g/mol. The lowest BCUT2D eigenvalue weighted by molar-refractivity contribution is 0.473. The monoisotopic (exact) mass is 260 g/mol. The lowest BCUT2D eigenvalue weighted by Crippen LogP contribution is -2.13. The van der Waals surface area contributed by atoms with Crippen LogP contribution in [-0.4, -0.2) is 11.5 Å². The van der Waals surface area contributed by atoms with Crippen molar-refractivity contribution >= 4 is 36.0 Å². The van der Waals surface area contributed by atoms with E-state index in [1.807, 2.05) is 30.0 Å². The van der Waals surface area contributed by atoms with Crippen molar-refractivity contribution in [3.8, 4) is 0 Å². The van der Waals surface area contributed by atoms with E-state index in [4.69, 9.17) is 11.6 Å². The predicted molar refractivity (Wildman–Crippen MR) is 74.4 cm³/mol. The Labute approximate surface area is 107 Å². The van der Waals surface area contributed by atoms with Gasteiger partial charge in [0.15, 0.2) is 0 Å². The van der Waals surface area contributed by atoms with E-state index in [0.29, 0.717) is 11.8 Å². The van der Waals surface area contributed by atoms with Gasteiger partial charge in [0.1, 0.15) is 0 Å². The normalized spacial score (nSPS) is 13.1. The fourth-order valence-corrected chi connectivity index (χ4v) is 3.49. The number of hydrogen-bond donors (Lipinski definition) is 1. The number of thioether (sulfide) groups is 1. The number of hydrogen-bond acceptors (Lipinski definition) is 2. The van der Waals surface area contributed by atoms with Gasteiger partial charge in [-0.25, -0.2) is 0 Å². The van der Waals surface area contributed by atoms with Crippen molar-refractivity contribution in [1.82, 2.24) is 0 Å². The van der Waals surface area contributed by atoms with Crippen molar-refractivity contribution in [3.63, 3.8) is 0 Å². The smallest absolute Gasteiger partial charge is 0.0417 e. The fourth-order valence-electron chi connectivity index (χ4n) is 1.22. The first kappa shape index (κ1) is 13.3. The van der Waals surface area contributed by atoms with Crippen LogP contribution in [-0.2, 0) is 0 Å². The predicted octanol–water partition coefficient (Wildman–Crippen LogP) is 4.63. The van der Waals surface area contributed by atoms with E-state index in [2.05, 4.69) is 32.5 Å². The molecule has 1 aromatic rings. The molecular weight excluding hydrogens is 244 g/mol. The standard InChI is InChI=1S/C12H17ClS2/c1-9(2)10(7-14)8-15-12-5-3-4-11(13)6-12/h3-6,9-10,14H,7-8H2,1-2H3. The summed E-state index contributed by atoms with van der Waals surface area (Å²) < 4.78 is 0. The lowest BCUT2D eigenvalue weighted by Gasteiger charge is -2.17. The first-order valence-corrected chi connectivity index (χ1v) is 7.12. The topological polar surface area (TPSA) is 0 Å². The molecule has 0 radical (unpaired) electrons. The summed E-state index contributed by atoms with van der Waals surface area (Å²) in [7, 11) is 0. The van der Waals surface area contributed by atoms with Crippen LogP contribution in [0.2, 0.25) is 5.02 Å². The molecule has 0 spiro atoms. The van der Waals surface area contributed by atoms with Crippen LogP contribution in [0, 0.1) is 11.8 Å². The van der Waals surface area contributed by atoms with Gasteiger partial charge in [0, 0.05) is 15.7 Å². The number of benzene rings is 1. The molecule has 0 bridgehead atoms. The van der Waals surface area contributed by atoms with E-state index in [9.17, 15) is 0 Å². The molecule has 0 saturated carbocycles. The molecule has 0 amide bonds. The zero-order chi connectivity index (χ0) is 11.3. The number of halogens is 1. The van der Waals surface area contributed by atoms with Gasteiger partial charge in [-0.15, -0.1) is 11.8 Å². The molecule has 1 aromatic carbocycles. The highest BCUT2D eigenvalue weighted by molar-refractivity contribution is 7.99. The zero-order valence-corrected chi connectivity index (χ0v) is 11.6. The third-order valence-corrected chi connectivity index (χ3v) is 4.32. The molecule has 1 unspecified atom stereocenters. The van der Waals surface area contributed by atoms with Crippen molar-refractivity contribution in [2.45, 2.75) is 18.7 Å². The van der Waals surface area contributed by atoms with Gasteiger partial charge in [-0.3, -0.25) is 0 Å². The van der Waals surface area contributed by atoms with E-state index in [1.165, 1.54) is 4.90 Å². The Morgan fingerprint density at radius 2 is 2.13 bits per heavy atom. The van der Waals surface area contributed by atoms with E-state index >= 15 is 0 Å². The Kier molecular flexibility index (Phi) is 5.95. The number of thiol groups is 1. The second-order valence-corrected chi connectivity index (χ2v) is 5.85. The largest absolute Gasteiger partial charge is 0.179 e. The Morgan fingerprint density at radius 3 is 2.67 bits per heavy atom. The molecule has 15 heavy (non-hydrogen) atoms. The molecule has 0 aliphatic rings. The molecule has 0 N–H and O–H groups in total. The Hall–Kier alpha value is 0.210. The molecule has 0 heterocycles. The van der Waals surface area contributed by atoms with Crippen LogP contribution in [0.3, 0.4) is 0 Å². The quantitative estimate of drug-likeness (QED) is 0.595. The highest BCUT2D eigenvalue weighted by Gasteiger charge is 2.11. The van der Waals surface area contributed by atoms with Crippen LogP contribution in [0.15, 0.2) is 29.2 Å². The number of rotatable bonds is 5. The molecule has 3 heteroatoms. The first-order chi connectivity index (χ1) is 7.13. The van der Waals surface area contributed by atoms with Gasteiger partial charge in [-0.1, -0.05) is 31.5 Å². The van der Waals surface area contributed by atoms with E-state index in [-0.39, 0.29) is 0 Å². The average Bonchev–Trinajstić information content (AvgIpc) is 2.18. The van der Waals surface area contributed by atoms with Crippen LogP contribution in [0.4, 0.5) is 0 Å². The maximum atomic E-state index is 5.93. The van der Waals surface area contributed by atoms with Gasteiger partial charge in [0.05, 0.1) is 0 Å². The second kappa shape index (κ2) is 6.72. The van der Waals surface area contributed by atoms with Crippen LogP contribution in [0.25, 0.3) is 0 Å². The van der Waals surface area contributed by atoms with Gasteiger partial charge in [-0.2, -0.15) is 12.6 Å². The van der Waals surface area contributed by atoms with Crippen molar-refractivity contribution in [2.24, 2.45) is 11.8 Å². The van der Waals surface area contributed by atoms with Gasteiger partial charge in [0.2, 0.25) is 0 Å². The molecule has 0 aromatic heterocycles. The summed E-state index contributed by atoms with van der Waals surface area (Å²) in [5.41, 5.74) is 0. The molecule has 84 valence electrons. The lowest BCUT2D eigenvalue weighted by atomic mass is 10.0. The van der Waals surface area contributed by atoms with E-state index in [0.717, 1.165) is 16.5 Å². The maximum absolute atomic E-state index is 5.93. The summed E-state index contributed by atoms with van der Waals surface area (Å²) in [5, 5.41) is 0.812. The minimum absolute atomic E-state index is 0.664. The SMILES string of the molecule is CC(C)C(CS)CSc1cccc(Cl)c1. The summed E-state index contributed by atoms with van der Waals surface area (Å²) >= 11 is 12.2. The minimum Gasteiger partial charge on any atom is -0.179 e. The van der Waals surface area contributed by atoms with Crippen LogP contribution >= 0.6 is 36.0 Å². The molecular formula is C12H17ClS2. The molecule has 1 atom stereocenters. The summed E-state index contributed by atoms with van der Waals surface area (Å²) in [6.45, 7) is 4.50. The summed E-state index contributed by atoms with van der Waals surface area (Å²) in [4.78, 5) is 1.25. The molecule has 0 aliphatic heterocycles. The van der Waals surface area contributed by atoms with Gasteiger partial charge >= 0.3 is 0 Å². The third-order valence-electron chi connectivity index (χ3n) is 2.44. The molecule has 0 nitrogen and oxygen atoms in total. The Morgan fingerprint density at radius 1 is 1.40 bits per heavy atom. The van der Waals surface area contributed by atoms with Gasteiger partial charge in [0.25, 0.3) is 0 Å². The Bertz CT molecular complexity index is 299. The third kappa shape index (κ3) is 4.71. The van der Waals surface area contributed by atoms with Crippen molar-refractivity contribution in [2.75, 3.05) is 11.5 Å². The fraction of sp³-hybridized carbons (Fsp3) is 0.500. The second-order valence-electron chi connectivity index (χ2n) is 3.96. The van der Waals surface area contributed by atoms with Gasteiger partial charge in [-0.05, 0) is 35.8 Å². The maximum Gasteiger partial charge on any atom is 0.0417 e. The summed E-state index contributed by atoms with van der Waals surface area (Å²) in [6.07, 6.45) is 0. The zero-order valence-electron chi connectivity index (χ0n) is 9.11. The van der Waals surface area contributed by atoms with Crippen LogP contribution in [0.5, 0.6) is 0 Å². The van der Waals surface area contributed by atoms with Crippen LogP contribution < -0.4 is 0 Å².